The first kappa shape index (κ1) is 12.0. The maximum absolute atomic E-state index is 11.7. The molecule has 0 aliphatic rings. The first-order valence-electron chi connectivity index (χ1n) is 5.40. The minimum absolute atomic E-state index is 0.301. The Bertz CT molecular complexity index is 621. The van der Waals surface area contributed by atoms with Crippen LogP contribution >= 0.6 is 0 Å². The van der Waals surface area contributed by atoms with E-state index in [4.69, 9.17) is 0 Å². The largest absolute Gasteiger partial charge is 0.346 e. The molecule has 6 heteroatoms. The fourth-order valence-corrected chi connectivity index (χ4v) is 1.46. The molecule has 0 aliphatic carbocycles. The summed E-state index contributed by atoms with van der Waals surface area (Å²) in [5, 5.41) is 2.69. The standard InChI is InChI=1S/C12H12N4O2/c1-8-13-5-3-10(16-8)7-15-12(18)9-2-4-14-11(17)6-9/h2-6H,7H2,1H3,(H,14,17)(H,15,18). The number of rotatable bonds is 3. The van der Waals surface area contributed by atoms with Crippen LogP contribution < -0.4 is 10.9 Å². The van der Waals surface area contributed by atoms with Gasteiger partial charge in [-0.1, -0.05) is 0 Å². The molecule has 2 aromatic heterocycles. The van der Waals surface area contributed by atoms with E-state index < -0.39 is 0 Å². The molecule has 2 N–H and O–H groups in total. The van der Waals surface area contributed by atoms with Crippen LogP contribution in [0.4, 0.5) is 0 Å². The van der Waals surface area contributed by atoms with Gasteiger partial charge in [-0.25, -0.2) is 9.97 Å². The zero-order chi connectivity index (χ0) is 13.0. The zero-order valence-electron chi connectivity index (χ0n) is 9.80. The number of nitrogens with one attached hydrogen (secondary N) is 2. The van der Waals surface area contributed by atoms with E-state index in [-0.39, 0.29) is 11.5 Å². The summed E-state index contributed by atoms with van der Waals surface area (Å²) in [7, 11) is 0. The quantitative estimate of drug-likeness (QED) is 0.818. The molecule has 0 saturated heterocycles. The number of carbonyl (C=O) groups excluding carboxylic acids is 1. The van der Waals surface area contributed by atoms with Crippen LogP contribution in [0.15, 0.2) is 35.4 Å². The molecule has 6 nitrogen and oxygen atoms in total. The molecule has 0 fully saturated rings. The van der Waals surface area contributed by atoms with Crippen molar-refractivity contribution in [2.24, 2.45) is 0 Å². The monoisotopic (exact) mass is 244 g/mol. The normalized spacial score (nSPS) is 10.1. The molecule has 0 saturated carbocycles. The third-order valence-corrected chi connectivity index (χ3v) is 2.30. The molecule has 0 radical (unpaired) electrons. The van der Waals surface area contributed by atoms with E-state index in [2.05, 4.69) is 20.3 Å². The zero-order valence-corrected chi connectivity index (χ0v) is 9.80. The third-order valence-electron chi connectivity index (χ3n) is 2.30. The van der Waals surface area contributed by atoms with Gasteiger partial charge in [0, 0.05) is 24.0 Å². The van der Waals surface area contributed by atoms with Crippen molar-refractivity contribution in [3.63, 3.8) is 0 Å². The van der Waals surface area contributed by atoms with Crippen molar-refractivity contribution in [1.29, 1.82) is 0 Å². The Kier molecular flexibility index (Phi) is 3.47. The molecular formula is C12H12N4O2. The van der Waals surface area contributed by atoms with Crippen LogP contribution in [-0.2, 0) is 6.54 Å². The predicted octanol–water partition coefficient (Wildman–Crippen LogP) is 0.403. The van der Waals surface area contributed by atoms with Gasteiger partial charge in [0.2, 0.25) is 5.56 Å². The fraction of sp³-hybridized carbons (Fsp3) is 0.167. The molecule has 2 aromatic rings. The summed E-state index contributed by atoms with van der Waals surface area (Å²) < 4.78 is 0. The molecular weight excluding hydrogens is 232 g/mol. The number of pyridine rings is 1. The molecule has 0 unspecified atom stereocenters. The lowest BCUT2D eigenvalue weighted by Crippen LogP contribution is -2.24. The summed E-state index contributed by atoms with van der Waals surface area (Å²) in [6.45, 7) is 2.08. The SMILES string of the molecule is Cc1nccc(CNC(=O)c2cc[nH]c(=O)c2)n1. The van der Waals surface area contributed by atoms with Crippen molar-refractivity contribution in [2.75, 3.05) is 0 Å². The summed E-state index contributed by atoms with van der Waals surface area (Å²) in [6.07, 6.45) is 3.07. The maximum Gasteiger partial charge on any atom is 0.251 e. The molecule has 0 bridgehead atoms. The fourth-order valence-electron chi connectivity index (χ4n) is 1.46. The number of H-pyrrole nitrogens is 1. The highest BCUT2D eigenvalue weighted by atomic mass is 16.2. The lowest BCUT2D eigenvalue weighted by Gasteiger charge is -2.04. The second-order valence-corrected chi connectivity index (χ2v) is 3.72. The summed E-state index contributed by atoms with van der Waals surface area (Å²) in [4.78, 5) is 33.4. The van der Waals surface area contributed by atoms with Crippen LogP contribution in [-0.4, -0.2) is 20.9 Å². The average Bonchev–Trinajstić information content (AvgIpc) is 2.36. The highest BCUT2D eigenvalue weighted by Crippen LogP contribution is 1.97. The van der Waals surface area contributed by atoms with Crippen molar-refractivity contribution in [3.05, 3.63) is 58.0 Å². The smallest absolute Gasteiger partial charge is 0.251 e. The van der Waals surface area contributed by atoms with Gasteiger partial charge in [-0.3, -0.25) is 9.59 Å². The van der Waals surface area contributed by atoms with Gasteiger partial charge in [-0.05, 0) is 19.1 Å². The van der Waals surface area contributed by atoms with E-state index in [1.54, 1.807) is 25.3 Å². The number of aryl methyl sites for hydroxylation is 1. The number of aromatic amines is 1. The molecule has 1 amide bonds. The molecule has 92 valence electrons. The molecule has 0 spiro atoms. The lowest BCUT2D eigenvalue weighted by atomic mass is 10.2. The van der Waals surface area contributed by atoms with Crippen molar-refractivity contribution >= 4 is 5.91 Å². The van der Waals surface area contributed by atoms with E-state index >= 15 is 0 Å². The van der Waals surface area contributed by atoms with Crippen LogP contribution in [0.1, 0.15) is 21.9 Å². The number of amides is 1. The van der Waals surface area contributed by atoms with Gasteiger partial charge >= 0.3 is 0 Å². The first-order valence-corrected chi connectivity index (χ1v) is 5.40. The van der Waals surface area contributed by atoms with Gasteiger partial charge in [-0.15, -0.1) is 0 Å². The van der Waals surface area contributed by atoms with Crippen molar-refractivity contribution in [1.82, 2.24) is 20.3 Å². The van der Waals surface area contributed by atoms with Crippen molar-refractivity contribution in [3.8, 4) is 0 Å². The topological polar surface area (TPSA) is 87.7 Å². The van der Waals surface area contributed by atoms with Crippen LogP contribution in [0.25, 0.3) is 0 Å². The van der Waals surface area contributed by atoms with E-state index in [1.807, 2.05) is 0 Å². The van der Waals surface area contributed by atoms with Gasteiger partial charge in [-0.2, -0.15) is 0 Å². The molecule has 0 aliphatic heterocycles. The van der Waals surface area contributed by atoms with Crippen molar-refractivity contribution in [2.45, 2.75) is 13.5 Å². The Hall–Kier alpha value is -2.50. The summed E-state index contributed by atoms with van der Waals surface area (Å²) in [5.74, 6) is 0.343. The van der Waals surface area contributed by atoms with Gasteiger partial charge < -0.3 is 10.3 Å². The van der Waals surface area contributed by atoms with Gasteiger partial charge in [0.1, 0.15) is 5.82 Å². The number of nitrogens with zero attached hydrogens (tertiary/aromatic N) is 2. The first-order chi connectivity index (χ1) is 8.65. The van der Waals surface area contributed by atoms with Crippen LogP contribution in [0.3, 0.4) is 0 Å². The van der Waals surface area contributed by atoms with E-state index in [0.29, 0.717) is 17.9 Å². The van der Waals surface area contributed by atoms with Crippen LogP contribution in [0.5, 0.6) is 0 Å². The number of hydrogen-bond donors (Lipinski definition) is 2. The molecule has 18 heavy (non-hydrogen) atoms. The van der Waals surface area contributed by atoms with E-state index in [1.165, 1.54) is 12.3 Å². The van der Waals surface area contributed by atoms with Gasteiger partial charge in [0.05, 0.1) is 12.2 Å². The second kappa shape index (κ2) is 5.22. The Balaban J connectivity index is 2.03. The predicted molar refractivity (Wildman–Crippen MR) is 65.0 cm³/mol. The highest BCUT2D eigenvalue weighted by Gasteiger charge is 2.05. The van der Waals surface area contributed by atoms with Gasteiger partial charge in [0.25, 0.3) is 5.91 Å². The van der Waals surface area contributed by atoms with Crippen LogP contribution in [0.2, 0.25) is 0 Å². The highest BCUT2D eigenvalue weighted by molar-refractivity contribution is 5.93. The molecule has 2 rings (SSSR count). The summed E-state index contributed by atoms with van der Waals surface area (Å²) in [5.41, 5.74) is 0.741. The summed E-state index contributed by atoms with van der Waals surface area (Å²) >= 11 is 0. The van der Waals surface area contributed by atoms with E-state index in [0.717, 1.165) is 5.69 Å². The Morgan fingerprint density at radius 2 is 2.28 bits per heavy atom. The second-order valence-electron chi connectivity index (χ2n) is 3.72. The number of hydrogen-bond acceptors (Lipinski definition) is 4. The molecule has 0 aromatic carbocycles. The molecule has 0 atom stereocenters. The number of carbonyl (C=O) groups is 1. The Morgan fingerprint density at radius 3 is 3.00 bits per heavy atom. The summed E-state index contributed by atoms with van der Waals surface area (Å²) in [6, 6.07) is 4.52. The molecule has 2 heterocycles. The minimum Gasteiger partial charge on any atom is -0.346 e. The van der Waals surface area contributed by atoms with E-state index in [9.17, 15) is 9.59 Å². The maximum atomic E-state index is 11.7. The lowest BCUT2D eigenvalue weighted by molar-refractivity contribution is 0.0950. The Labute approximate surface area is 103 Å². The Morgan fingerprint density at radius 1 is 1.44 bits per heavy atom. The average molecular weight is 244 g/mol. The van der Waals surface area contributed by atoms with Crippen LogP contribution in [0, 0.1) is 6.92 Å². The van der Waals surface area contributed by atoms with Gasteiger partial charge in [0.15, 0.2) is 0 Å². The van der Waals surface area contributed by atoms with Crippen molar-refractivity contribution < 1.29 is 4.79 Å². The number of aromatic nitrogens is 3. The minimum atomic E-state index is -0.308. The third kappa shape index (κ3) is 3.00.